The molecular formula is C22H16I2O10S. The van der Waals surface area contributed by atoms with Crippen LogP contribution >= 0.6 is 45.2 Å². The molecule has 3 aliphatic rings. The first kappa shape index (κ1) is 24.7. The summed E-state index contributed by atoms with van der Waals surface area (Å²) in [5.74, 6) is -4.75. The minimum atomic E-state index is -4.40. The third kappa shape index (κ3) is 4.29. The van der Waals surface area contributed by atoms with Crippen molar-refractivity contribution in [1.82, 2.24) is 0 Å². The van der Waals surface area contributed by atoms with Gasteiger partial charge in [-0.1, -0.05) is 0 Å². The molecule has 2 aliphatic carbocycles. The van der Waals surface area contributed by atoms with E-state index in [4.69, 9.17) is 18.8 Å². The molecule has 2 bridgehead atoms. The number of carbonyl (C=O) groups is 3. The lowest BCUT2D eigenvalue weighted by atomic mass is 9.78. The van der Waals surface area contributed by atoms with Crippen molar-refractivity contribution in [1.29, 1.82) is 0 Å². The molecule has 5 rings (SSSR count). The average Bonchev–Trinajstić information content (AvgIpc) is 3.39. The van der Waals surface area contributed by atoms with Gasteiger partial charge in [0.15, 0.2) is 0 Å². The van der Waals surface area contributed by atoms with Gasteiger partial charge in [0.05, 0.1) is 20.3 Å². The maximum absolute atomic E-state index is 13.1. The number of aromatic hydroxyl groups is 1. The van der Waals surface area contributed by atoms with E-state index in [1.165, 1.54) is 18.2 Å². The Morgan fingerprint density at radius 1 is 1.09 bits per heavy atom. The van der Waals surface area contributed by atoms with Crippen LogP contribution in [0.4, 0.5) is 0 Å². The summed E-state index contributed by atoms with van der Waals surface area (Å²) in [5, 5.41) is 10.3. The maximum atomic E-state index is 13.1. The fourth-order valence-electron chi connectivity index (χ4n) is 5.24. The maximum Gasteiger partial charge on any atom is 0.342 e. The molecule has 0 radical (unpaired) electrons. The number of phenols is 1. The van der Waals surface area contributed by atoms with Gasteiger partial charge in [-0.25, -0.2) is 4.79 Å². The second kappa shape index (κ2) is 8.85. The summed E-state index contributed by atoms with van der Waals surface area (Å²) in [4.78, 5) is 38.2. The Hall–Kier alpha value is -1.98. The molecule has 1 saturated heterocycles. The van der Waals surface area contributed by atoms with Crippen LogP contribution in [0.15, 0.2) is 41.3 Å². The van der Waals surface area contributed by atoms with Gasteiger partial charge < -0.3 is 19.3 Å². The highest BCUT2D eigenvalue weighted by Crippen LogP contribution is 2.59. The summed E-state index contributed by atoms with van der Waals surface area (Å²) in [5.41, 5.74) is -0.0250. The van der Waals surface area contributed by atoms with Crippen LogP contribution in [0.1, 0.15) is 16.8 Å². The number of benzene rings is 2. The zero-order valence-electron chi connectivity index (χ0n) is 17.5. The van der Waals surface area contributed by atoms with Crippen LogP contribution < -0.4 is 4.74 Å². The normalized spacial score (nSPS) is 28.6. The summed E-state index contributed by atoms with van der Waals surface area (Å²) < 4.78 is 49.3. The molecule has 0 amide bonds. The Labute approximate surface area is 226 Å². The zero-order valence-corrected chi connectivity index (χ0v) is 22.6. The van der Waals surface area contributed by atoms with Crippen LogP contribution in [-0.2, 0) is 29.2 Å². The van der Waals surface area contributed by atoms with Gasteiger partial charge in [0.2, 0.25) is 0 Å². The first-order chi connectivity index (χ1) is 16.5. The molecule has 6 atom stereocenters. The van der Waals surface area contributed by atoms with E-state index in [2.05, 4.69) is 0 Å². The average molecular weight is 726 g/mol. The molecule has 3 fully saturated rings. The molecule has 35 heavy (non-hydrogen) atoms. The van der Waals surface area contributed by atoms with E-state index >= 15 is 0 Å². The van der Waals surface area contributed by atoms with Crippen molar-refractivity contribution in [3.05, 3.63) is 49.1 Å². The summed E-state index contributed by atoms with van der Waals surface area (Å²) in [6.07, 6.45) is -1.14. The van der Waals surface area contributed by atoms with Crippen LogP contribution in [0.5, 0.6) is 11.5 Å². The fraction of sp³-hybridized carbons (Fsp3) is 0.318. The summed E-state index contributed by atoms with van der Waals surface area (Å²) in [6.45, 7) is 0. The van der Waals surface area contributed by atoms with Crippen LogP contribution in [0.25, 0.3) is 0 Å². The van der Waals surface area contributed by atoms with Gasteiger partial charge in [0, 0.05) is 15.4 Å². The van der Waals surface area contributed by atoms with Crippen molar-refractivity contribution in [3.63, 3.8) is 0 Å². The number of halogens is 2. The molecule has 2 aromatic carbocycles. The number of hydrogen-bond acceptors (Lipinski definition) is 9. The lowest BCUT2D eigenvalue weighted by Gasteiger charge is -2.30. The van der Waals surface area contributed by atoms with E-state index in [0.717, 1.165) is 15.7 Å². The lowest BCUT2D eigenvalue weighted by Crippen LogP contribution is -2.44. The van der Waals surface area contributed by atoms with E-state index in [1.807, 2.05) is 45.2 Å². The quantitative estimate of drug-likeness (QED) is 0.204. The number of phenolic OH excluding ortho intramolecular Hbond substituents is 1. The Bertz CT molecular complexity index is 1360. The van der Waals surface area contributed by atoms with Crippen molar-refractivity contribution >= 4 is 73.2 Å². The molecule has 6 unspecified atom stereocenters. The molecular weight excluding hydrogens is 710 g/mol. The van der Waals surface area contributed by atoms with Crippen molar-refractivity contribution in [2.75, 3.05) is 0 Å². The number of carbonyl (C=O) groups excluding carboxylic acids is 3. The van der Waals surface area contributed by atoms with E-state index < -0.39 is 58.0 Å². The van der Waals surface area contributed by atoms with Gasteiger partial charge in [0.1, 0.15) is 29.3 Å². The van der Waals surface area contributed by atoms with Crippen LogP contribution in [-0.4, -0.2) is 48.2 Å². The number of hydrogen-bond donors (Lipinski definition) is 2. The molecule has 2 aromatic rings. The first-order valence-corrected chi connectivity index (χ1v) is 13.9. The SMILES string of the molecule is O=C(OC1C2CC3C1OC(=O)C3C2C(=O)Oc1ccc(S(=O)(=O)O)cc1)c1cc(I)cc(I)c1O. The Kier molecular flexibility index (Phi) is 6.24. The van der Waals surface area contributed by atoms with Crippen molar-refractivity contribution < 1.29 is 46.7 Å². The molecule has 184 valence electrons. The van der Waals surface area contributed by atoms with E-state index in [-0.39, 0.29) is 27.9 Å². The molecule has 1 heterocycles. The fourth-order valence-corrected chi connectivity index (χ4v) is 7.57. The molecule has 10 nitrogen and oxygen atoms in total. The third-order valence-corrected chi connectivity index (χ3v) is 8.96. The van der Waals surface area contributed by atoms with Crippen molar-refractivity contribution in [2.45, 2.75) is 23.5 Å². The zero-order chi connectivity index (χ0) is 25.2. The Morgan fingerprint density at radius 2 is 1.77 bits per heavy atom. The second-order valence-electron chi connectivity index (χ2n) is 8.54. The highest BCUT2D eigenvalue weighted by Gasteiger charge is 2.70. The first-order valence-electron chi connectivity index (χ1n) is 10.3. The van der Waals surface area contributed by atoms with Gasteiger partial charge in [0.25, 0.3) is 10.1 Å². The monoisotopic (exact) mass is 726 g/mol. The van der Waals surface area contributed by atoms with Crippen LogP contribution in [0.2, 0.25) is 0 Å². The topological polar surface area (TPSA) is 153 Å². The van der Waals surface area contributed by atoms with E-state index in [1.54, 1.807) is 6.07 Å². The standard InChI is InChI=1S/C22H16I2O10S/c23-8-5-13(17(25)14(24)6-8)20(26)33-18-11-7-12-16(22(28)34-19(12)18)15(11)21(27)32-9-1-3-10(4-2-9)35(29,30)31/h1-6,11-12,15-16,18-19,25H,7H2,(H,29,30,31). The van der Waals surface area contributed by atoms with Crippen LogP contribution in [0, 0.1) is 30.8 Å². The van der Waals surface area contributed by atoms with Crippen molar-refractivity contribution in [2.24, 2.45) is 23.7 Å². The number of ether oxygens (including phenoxy) is 3. The summed E-state index contributed by atoms with van der Waals surface area (Å²) >= 11 is 3.91. The Balaban J connectivity index is 1.37. The van der Waals surface area contributed by atoms with E-state index in [9.17, 15) is 27.9 Å². The molecule has 2 saturated carbocycles. The minimum absolute atomic E-state index is 0.0250. The largest absolute Gasteiger partial charge is 0.506 e. The summed E-state index contributed by atoms with van der Waals surface area (Å²) in [6, 6.07) is 7.77. The van der Waals surface area contributed by atoms with Gasteiger partial charge in [-0.15, -0.1) is 0 Å². The Morgan fingerprint density at radius 3 is 2.43 bits per heavy atom. The van der Waals surface area contributed by atoms with Crippen molar-refractivity contribution in [3.8, 4) is 11.5 Å². The predicted molar refractivity (Wildman–Crippen MR) is 133 cm³/mol. The molecule has 1 aliphatic heterocycles. The van der Waals surface area contributed by atoms with Gasteiger partial charge in [-0.2, -0.15) is 8.42 Å². The minimum Gasteiger partial charge on any atom is -0.506 e. The van der Waals surface area contributed by atoms with Crippen LogP contribution in [0.3, 0.4) is 0 Å². The highest BCUT2D eigenvalue weighted by molar-refractivity contribution is 14.1. The molecule has 13 heteroatoms. The van der Waals surface area contributed by atoms with Gasteiger partial charge >= 0.3 is 17.9 Å². The lowest BCUT2D eigenvalue weighted by molar-refractivity contribution is -0.149. The summed E-state index contributed by atoms with van der Waals surface area (Å²) in [7, 11) is -4.40. The smallest absolute Gasteiger partial charge is 0.342 e. The van der Waals surface area contributed by atoms with Gasteiger partial charge in [-0.3, -0.25) is 14.1 Å². The van der Waals surface area contributed by atoms with E-state index in [0.29, 0.717) is 9.99 Å². The predicted octanol–water partition coefficient (Wildman–Crippen LogP) is 2.79. The second-order valence-corrected chi connectivity index (χ2v) is 12.4. The third-order valence-electron chi connectivity index (χ3n) is 6.65. The number of rotatable bonds is 5. The molecule has 2 N–H and O–H groups in total. The highest BCUT2D eigenvalue weighted by atomic mass is 127. The molecule has 0 spiro atoms. The number of esters is 3. The molecule has 0 aromatic heterocycles. The number of fused-ring (bicyclic) bond motifs is 1. The van der Waals surface area contributed by atoms with Gasteiger partial charge in [-0.05, 0) is 88.0 Å².